The Hall–Kier alpha value is -2.43. The van der Waals surface area contributed by atoms with Crippen LogP contribution in [-0.2, 0) is 6.61 Å². The molecule has 0 unspecified atom stereocenters. The van der Waals surface area contributed by atoms with E-state index in [9.17, 15) is 5.11 Å². The Morgan fingerprint density at radius 1 is 1.38 bits per heavy atom. The van der Waals surface area contributed by atoms with Crippen LogP contribution in [0.3, 0.4) is 0 Å². The molecule has 7 nitrogen and oxygen atoms in total. The van der Waals surface area contributed by atoms with Crippen molar-refractivity contribution in [1.82, 2.24) is 24.4 Å². The lowest BCUT2D eigenvalue weighted by Crippen LogP contribution is -2.35. The van der Waals surface area contributed by atoms with Crippen molar-refractivity contribution in [3.05, 3.63) is 24.3 Å². The number of likely N-dealkylation sites (tertiary alicyclic amines) is 1. The van der Waals surface area contributed by atoms with Gasteiger partial charge in [0.05, 0.1) is 17.8 Å². The fourth-order valence-electron chi connectivity index (χ4n) is 3.75. The average molecular weight is 324 g/mol. The van der Waals surface area contributed by atoms with Crippen LogP contribution in [0.5, 0.6) is 0 Å². The second kappa shape index (κ2) is 6.23. The van der Waals surface area contributed by atoms with Gasteiger partial charge in [0, 0.05) is 43.7 Å². The zero-order chi connectivity index (χ0) is 16.5. The van der Waals surface area contributed by atoms with Gasteiger partial charge in [0.1, 0.15) is 23.6 Å². The molecule has 124 valence electrons. The maximum absolute atomic E-state index is 9.78. The SMILES string of the molecule is N#CCCN1CCC(n2c(CO)nc3cnc4[nH]ccc4c32)CC1. The first-order valence-electron chi connectivity index (χ1n) is 8.35. The van der Waals surface area contributed by atoms with Crippen molar-refractivity contribution in [2.75, 3.05) is 19.6 Å². The van der Waals surface area contributed by atoms with E-state index in [4.69, 9.17) is 5.26 Å². The smallest absolute Gasteiger partial charge is 0.139 e. The fourth-order valence-corrected chi connectivity index (χ4v) is 3.75. The number of pyridine rings is 1. The molecule has 2 N–H and O–H groups in total. The normalized spacial score (nSPS) is 16.8. The molecule has 0 radical (unpaired) electrons. The highest BCUT2D eigenvalue weighted by molar-refractivity contribution is 6.01. The largest absolute Gasteiger partial charge is 0.388 e. The van der Waals surface area contributed by atoms with E-state index in [2.05, 4.69) is 30.5 Å². The molecule has 0 saturated carbocycles. The number of nitriles is 1. The van der Waals surface area contributed by atoms with Crippen molar-refractivity contribution in [3.63, 3.8) is 0 Å². The summed E-state index contributed by atoms with van der Waals surface area (Å²) in [7, 11) is 0. The third kappa shape index (κ3) is 2.44. The minimum atomic E-state index is -0.0742. The summed E-state index contributed by atoms with van der Waals surface area (Å²) in [5, 5.41) is 19.6. The van der Waals surface area contributed by atoms with Crippen molar-refractivity contribution in [1.29, 1.82) is 5.26 Å². The van der Waals surface area contributed by atoms with Crippen LogP contribution in [0.25, 0.3) is 22.1 Å². The molecule has 0 aromatic carbocycles. The molecule has 3 aromatic rings. The third-order valence-electron chi connectivity index (χ3n) is 4.91. The van der Waals surface area contributed by atoms with Crippen LogP contribution in [-0.4, -0.2) is 49.2 Å². The first-order chi connectivity index (χ1) is 11.8. The van der Waals surface area contributed by atoms with E-state index in [0.717, 1.165) is 54.5 Å². The number of hydrogen-bond donors (Lipinski definition) is 2. The summed E-state index contributed by atoms with van der Waals surface area (Å²) in [5.74, 6) is 0.705. The second-order valence-electron chi connectivity index (χ2n) is 6.27. The predicted octanol–water partition coefficient (Wildman–Crippen LogP) is 1.96. The van der Waals surface area contributed by atoms with Crippen LogP contribution < -0.4 is 0 Å². The summed E-state index contributed by atoms with van der Waals surface area (Å²) in [6, 6.07) is 4.55. The van der Waals surface area contributed by atoms with Gasteiger partial charge in [-0.15, -0.1) is 0 Å². The fraction of sp³-hybridized carbons (Fsp3) is 0.471. The molecule has 4 rings (SSSR count). The van der Waals surface area contributed by atoms with Crippen molar-refractivity contribution in [3.8, 4) is 6.07 Å². The first kappa shape index (κ1) is 15.1. The van der Waals surface area contributed by atoms with E-state index in [0.29, 0.717) is 18.3 Å². The number of nitrogens with one attached hydrogen (secondary N) is 1. The van der Waals surface area contributed by atoms with Gasteiger partial charge >= 0.3 is 0 Å². The van der Waals surface area contributed by atoms with E-state index < -0.39 is 0 Å². The molecule has 0 atom stereocenters. The van der Waals surface area contributed by atoms with Crippen LogP contribution in [0.4, 0.5) is 0 Å². The monoisotopic (exact) mass is 324 g/mol. The Labute approximate surface area is 139 Å². The maximum Gasteiger partial charge on any atom is 0.139 e. The molecule has 0 aliphatic carbocycles. The van der Waals surface area contributed by atoms with Crippen molar-refractivity contribution in [2.45, 2.75) is 31.9 Å². The molecule has 3 aromatic heterocycles. The number of imidazole rings is 1. The highest BCUT2D eigenvalue weighted by Crippen LogP contribution is 2.32. The van der Waals surface area contributed by atoms with E-state index >= 15 is 0 Å². The summed E-state index contributed by atoms with van der Waals surface area (Å²) in [5.41, 5.74) is 2.73. The number of H-pyrrole nitrogens is 1. The lowest BCUT2D eigenvalue weighted by atomic mass is 10.0. The summed E-state index contributed by atoms with van der Waals surface area (Å²) in [6.07, 6.45) is 6.23. The van der Waals surface area contributed by atoms with Gasteiger partial charge in [0.2, 0.25) is 0 Å². The van der Waals surface area contributed by atoms with Gasteiger partial charge in [-0.3, -0.25) is 0 Å². The van der Waals surface area contributed by atoms with Gasteiger partial charge in [0.25, 0.3) is 0 Å². The van der Waals surface area contributed by atoms with E-state index in [1.165, 1.54) is 0 Å². The number of aromatic amines is 1. The summed E-state index contributed by atoms with van der Waals surface area (Å²) < 4.78 is 2.20. The molecule has 0 bridgehead atoms. The third-order valence-corrected chi connectivity index (χ3v) is 4.91. The second-order valence-corrected chi connectivity index (χ2v) is 6.27. The molecule has 24 heavy (non-hydrogen) atoms. The lowest BCUT2D eigenvalue weighted by molar-refractivity contribution is 0.184. The average Bonchev–Trinajstić information content (AvgIpc) is 3.23. The molecular weight excluding hydrogens is 304 g/mol. The molecule has 7 heteroatoms. The van der Waals surface area contributed by atoms with E-state index in [-0.39, 0.29) is 6.61 Å². The summed E-state index contributed by atoms with van der Waals surface area (Å²) in [4.78, 5) is 14.5. The topological polar surface area (TPSA) is 93.8 Å². The Balaban J connectivity index is 1.71. The zero-order valence-corrected chi connectivity index (χ0v) is 13.4. The number of aromatic nitrogens is 4. The van der Waals surface area contributed by atoms with Crippen LogP contribution in [0.15, 0.2) is 18.5 Å². The quantitative estimate of drug-likeness (QED) is 0.765. The highest BCUT2D eigenvalue weighted by atomic mass is 16.3. The predicted molar refractivity (Wildman–Crippen MR) is 90.2 cm³/mol. The minimum Gasteiger partial charge on any atom is -0.388 e. The Morgan fingerprint density at radius 2 is 2.21 bits per heavy atom. The molecule has 1 saturated heterocycles. The van der Waals surface area contributed by atoms with E-state index in [1.807, 2.05) is 12.3 Å². The maximum atomic E-state index is 9.78. The number of fused-ring (bicyclic) bond motifs is 3. The molecule has 1 aliphatic heterocycles. The first-order valence-corrected chi connectivity index (χ1v) is 8.35. The minimum absolute atomic E-state index is 0.0742. The molecule has 1 aliphatic rings. The summed E-state index contributed by atoms with van der Waals surface area (Å²) >= 11 is 0. The number of aliphatic hydroxyl groups is 1. The molecular formula is C17H20N6O. The van der Waals surface area contributed by atoms with Crippen LogP contribution in [0.1, 0.15) is 31.1 Å². The number of piperidine rings is 1. The number of aliphatic hydroxyl groups excluding tert-OH is 1. The standard InChI is InChI=1S/C17H20N6O/c18-5-1-7-22-8-3-12(4-9-22)23-15(11-24)21-14-10-20-17-13(16(14)23)2-6-19-17/h2,6,10,12,24H,1,3-4,7-9,11H2,(H,19,20). The van der Waals surface area contributed by atoms with Gasteiger partial charge in [-0.25, -0.2) is 9.97 Å². The number of hydrogen-bond acceptors (Lipinski definition) is 5. The number of rotatable bonds is 4. The van der Waals surface area contributed by atoms with Gasteiger partial charge < -0.3 is 19.6 Å². The van der Waals surface area contributed by atoms with E-state index in [1.54, 1.807) is 6.20 Å². The molecule has 0 amide bonds. The van der Waals surface area contributed by atoms with Gasteiger partial charge in [-0.2, -0.15) is 5.26 Å². The zero-order valence-electron chi connectivity index (χ0n) is 13.4. The molecule has 1 fully saturated rings. The lowest BCUT2D eigenvalue weighted by Gasteiger charge is -2.33. The Morgan fingerprint density at radius 3 is 2.96 bits per heavy atom. The van der Waals surface area contributed by atoms with Crippen LogP contribution in [0.2, 0.25) is 0 Å². The van der Waals surface area contributed by atoms with Crippen LogP contribution >= 0.6 is 0 Å². The van der Waals surface area contributed by atoms with Gasteiger partial charge in [0.15, 0.2) is 0 Å². The van der Waals surface area contributed by atoms with Gasteiger partial charge in [-0.1, -0.05) is 0 Å². The Kier molecular flexibility index (Phi) is 3.92. The van der Waals surface area contributed by atoms with Crippen molar-refractivity contribution < 1.29 is 5.11 Å². The van der Waals surface area contributed by atoms with Crippen molar-refractivity contribution in [2.24, 2.45) is 0 Å². The molecule has 4 heterocycles. The van der Waals surface area contributed by atoms with Crippen LogP contribution in [0, 0.1) is 11.3 Å². The van der Waals surface area contributed by atoms with Gasteiger partial charge in [-0.05, 0) is 18.9 Å². The Bertz CT molecular complexity index is 897. The molecule has 0 spiro atoms. The number of nitrogens with zero attached hydrogens (tertiary/aromatic N) is 5. The van der Waals surface area contributed by atoms with Crippen molar-refractivity contribution >= 4 is 22.1 Å². The summed E-state index contributed by atoms with van der Waals surface area (Å²) in [6.45, 7) is 2.71. The highest BCUT2D eigenvalue weighted by Gasteiger charge is 2.25.